The highest BCUT2D eigenvalue weighted by Crippen LogP contribution is 2.65. The molecule has 2 aromatic carbocycles. The zero-order valence-electron chi connectivity index (χ0n) is 21.1. The molecule has 36 heavy (non-hydrogen) atoms. The van der Waals surface area contributed by atoms with E-state index in [9.17, 15) is 9.90 Å². The van der Waals surface area contributed by atoms with Gasteiger partial charge in [0.25, 0.3) is 0 Å². The number of nitrogens with zero attached hydrogens (tertiary/aromatic N) is 2. The maximum absolute atomic E-state index is 13.9. The molecular formula is C30H34N2O4. The van der Waals surface area contributed by atoms with Crippen molar-refractivity contribution in [2.45, 2.75) is 61.9 Å². The Labute approximate surface area is 212 Å². The van der Waals surface area contributed by atoms with Crippen LogP contribution in [-0.4, -0.2) is 65.6 Å². The predicted octanol–water partition coefficient (Wildman–Crippen LogP) is 3.45. The van der Waals surface area contributed by atoms with Crippen LogP contribution in [0.25, 0.3) is 0 Å². The quantitative estimate of drug-likeness (QED) is 0.631. The van der Waals surface area contributed by atoms with Crippen molar-refractivity contribution in [1.29, 1.82) is 0 Å². The van der Waals surface area contributed by atoms with Gasteiger partial charge in [-0.05, 0) is 55.3 Å². The highest BCUT2D eigenvalue weighted by atomic mass is 16.5. The summed E-state index contributed by atoms with van der Waals surface area (Å²) in [6, 6.07) is 14.2. The lowest BCUT2D eigenvalue weighted by atomic mass is 9.48. The molecule has 0 radical (unpaired) electrons. The largest absolute Gasteiger partial charge is 0.485 e. The van der Waals surface area contributed by atoms with Gasteiger partial charge in [-0.3, -0.25) is 9.69 Å². The van der Waals surface area contributed by atoms with Crippen molar-refractivity contribution in [2.75, 3.05) is 27.2 Å². The third-order valence-electron chi connectivity index (χ3n) is 9.16. The lowest BCUT2D eigenvalue weighted by Crippen LogP contribution is -2.77. The van der Waals surface area contributed by atoms with Crippen molar-refractivity contribution in [3.63, 3.8) is 0 Å². The average Bonchev–Trinajstić information content (AvgIpc) is 3.60. The van der Waals surface area contributed by atoms with E-state index in [0.29, 0.717) is 30.1 Å². The number of rotatable bonds is 6. The van der Waals surface area contributed by atoms with E-state index < -0.39 is 17.1 Å². The first-order chi connectivity index (χ1) is 17.4. The number of Topliss-reactive ketones (excluding diaryl/α,β-unsaturated/α-hetero) is 1. The van der Waals surface area contributed by atoms with E-state index in [2.05, 4.69) is 11.0 Å². The monoisotopic (exact) mass is 486 g/mol. The minimum Gasteiger partial charge on any atom is -0.485 e. The molecule has 0 amide bonds. The number of likely N-dealkylation sites (tertiary alicyclic amines) is 1. The Balaban J connectivity index is 1.35. The molecule has 2 bridgehead atoms. The van der Waals surface area contributed by atoms with Crippen LogP contribution in [0.3, 0.4) is 0 Å². The number of ketones is 1. The van der Waals surface area contributed by atoms with Gasteiger partial charge in [-0.25, -0.2) is 0 Å². The van der Waals surface area contributed by atoms with Crippen LogP contribution in [0, 0.1) is 5.92 Å². The third kappa shape index (κ3) is 3.07. The summed E-state index contributed by atoms with van der Waals surface area (Å²) in [5, 5.41) is 12.7. The minimum absolute atomic E-state index is 0.000766. The van der Waals surface area contributed by atoms with Crippen LogP contribution in [-0.2, 0) is 23.2 Å². The highest BCUT2D eigenvalue weighted by molar-refractivity contribution is 6.03. The molecule has 3 fully saturated rings. The van der Waals surface area contributed by atoms with E-state index in [1.165, 1.54) is 18.4 Å². The lowest BCUT2D eigenvalue weighted by molar-refractivity contribution is -0.180. The number of ether oxygens (including phenoxy) is 2. The summed E-state index contributed by atoms with van der Waals surface area (Å²) in [5.41, 5.74) is 2.17. The third-order valence-corrected chi connectivity index (χ3v) is 9.16. The molecule has 2 heterocycles. The second kappa shape index (κ2) is 7.83. The summed E-state index contributed by atoms with van der Waals surface area (Å²) in [6.07, 6.45) is 5.58. The van der Waals surface area contributed by atoms with Gasteiger partial charge in [-0.2, -0.15) is 0 Å². The van der Waals surface area contributed by atoms with Crippen LogP contribution in [0.4, 0.5) is 0 Å². The van der Waals surface area contributed by atoms with Gasteiger partial charge in [0, 0.05) is 50.4 Å². The number of benzene rings is 2. The van der Waals surface area contributed by atoms with Gasteiger partial charge in [0.1, 0.15) is 6.61 Å². The van der Waals surface area contributed by atoms with Crippen molar-refractivity contribution in [2.24, 2.45) is 5.92 Å². The Hall–Kier alpha value is -2.83. The molecule has 7 rings (SSSR count). The van der Waals surface area contributed by atoms with Gasteiger partial charge in [0.2, 0.25) is 5.78 Å². The Morgan fingerprint density at radius 3 is 2.75 bits per heavy atom. The smallest absolute Gasteiger partial charge is 0.201 e. The highest BCUT2D eigenvalue weighted by Gasteiger charge is 2.74. The van der Waals surface area contributed by atoms with Crippen molar-refractivity contribution in [3.05, 3.63) is 70.9 Å². The Morgan fingerprint density at radius 2 is 2.00 bits per heavy atom. The zero-order valence-corrected chi connectivity index (χ0v) is 21.1. The molecule has 0 aromatic heterocycles. The van der Waals surface area contributed by atoms with Crippen LogP contribution in [0.15, 0.2) is 54.2 Å². The van der Waals surface area contributed by atoms with Gasteiger partial charge in [-0.1, -0.05) is 36.4 Å². The second-order valence-electron chi connectivity index (χ2n) is 11.7. The van der Waals surface area contributed by atoms with Crippen LogP contribution in [0.5, 0.6) is 11.5 Å². The summed E-state index contributed by atoms with van der Waals surface area (Å²) in [6.45, 7) is 2.35. The van der Waals surface area contributed by atoms with Gasteiger partial charge in [0.05, 0.1) is 11.0 Å². The summed E-state index contributed by atoms with van der Waals surface area (Å²) < 4.78 is 12.9. The van der Waals surface area contributed by atoms with Crippen molar-refractivity contribution < 1.29 is 19.4 Å². The molecule has 1 N–H and O–H groups in total. The number of aliphatic hydroxyl groups is 1. The number of carbonyl (C=O) groups is 1. The van der Waals surface area contributed by atoms with Crippen molar-refractivity contribution >= 4 is 5.78 Å². The van der Waals surface area contributed by atoms with E-state index in [0.717, 1.165) is 43.0 Å². The van der Waals surface area contributed by atoms with Gasteiger partial charge < -0.3 is 19.5 Å². The number of hydrogen-bond donors (Lipinski definition) is 1. The first kappa shape index (κ1) is 22.4. The lowest BCUT2D eigenvalue weighted by Gasteiger charge is -2.62. The van der Waals surface area contributed by atoms with E-state index in [4.69, 9.17) is 9.47 Å². The fourth-order valence-corrected chi connectivity index (χ4v) is 7.45. The maximum atomic E-state index is 13.9. The topological polar surface area (TPSA) is 62.2 Å². The number of hydrogen-bond acceptors (Lipinski definition) is 6. The zero-order chi connectivity index (χ0) is 24.7. The standard InChI is InChI=1S/C30H34N2O4/c1-31(2)17-22-15-30(34)24-14-21-10-11-23(35-18-20-6-4-3-5-7-20)27-25(21)29(30,28(36-27)26(22)33)12-13-32(24)16-19-8-9-19/h3-7,10-11,17,19,24,28,34H,8-9,12-16,18H2,1-2H3/t24-,28+,29+,30-/m1/s1. The average molecular weight is 487 g/mol. The summed E-state index contributed by atoms with van der Waals surface area (Å²) in [5.74, 6) is 2.07. The SMILES string of the molecule is CN(C)C=C1C[C@@]2(O)[C@H]3Cc4ccc(OCc5ccccc5)c5c4[C@@]2(CCN3CC2CC2)[C@@H](O5)C1=O. The summed E-state index contributed by atoms with van der Waals surface area (Å²) >= 11 is 0. The second-order valence-corrected chi connectivity index (χ2v) is 11.7. The molecule has 0 unspecified atom stereocenters. The molecule has 2 saturated carbocycles. The first-order valence-electron chi connectivity index (χ1n) is 13.3. The predicted molar refractivity (Wildman–Crippen MR) is 136 cm³/mol. The van der Waals surface area contributed by atoms with Gasteiger partial charge >= 0.3 is 0 Å². The molecule has 1 spiro atoms. The summed E-state index contributed by atoms with van der Waals surface area (Å²) in [4.78, 5) is 18.3. The fraction of sp³-hybridized carbons (Fsp3) is 0.500. The number of piperidine rings is 1. The molecule has 3 aliphatic carbocycles. The van der Waals surface area contributed by atoms with Crippen LogP contribution < -0.4 is 9.47 Å². The van der Waals surface area contributed by atoms with Crippen molar-refractivity contribution in [3.8, 4) is 11.5 Å². The molecule has 5 aliphatic rings. The van der Waals surface area contributed by atoms with Crippen molar-refractivity contribution in [1.82, 2.24) is 9.80 Å². The van der Waals surface area contributed by atoms with Crippen LogP contribution in [0.2, 0.25) is 0 Å². The van der Waals surface area contributed by atoms with E-state index >= 15 is 0 Å². The molecule has 6 heteroatoms. The Kier molecular flexibility index (Phi) is 4.87. The minimum atomic E-state index is -1.06. The Morgan fingerprint density at radius 1 is 1.19 bits per heavy atom. The molecule has 1 saturated heterocycles. The molecule has 188 valence electrons. The number of carbonyl (C=O) groups excluding carboxylic acids is 1. The molecule has 2 aromatic rings. The molecular weight excluding hydrogens is 452 g/mol. The maximum Gasteiger partial charge on any atom is 0.201 e. The molecule has 6 nitrogen and oxygen atoms in total. The van der Waals surface area contributed by atoms with Gasteiger partial charge in [-0.15, -0.1) is 0 Å². The van der Waals surface area contributed by atoms with Crippen LogP contribution in [0.1, 0.15) is 42.4 Å². The van der Waals surface area contributed by atoms with E-state index in [1.807, 2.05) is 61.6 Å². The summed E-state index contributed by atoms with van der Waals surface area (Å²) in [7, 11) is 3.85. The van der Waals surface area contributed by atoms with E-state index in [1.54, 1.807) is 0 Å². The fourth-order valence-electron chi connectivity index (χ4n) is 7.45. The molecule has 2 aliphatic heterocycles. The normalized spacial score (nSPS) is 33.3. The first-order valence-corrected chi connectivity index (χ1v) is 13.3. The van der Waals surface area contributed by atoms with Crippen LogP contribution >= 0.6 is 0 Å². The Bertz CT molecular complexity index is 1250. The van der Waals surface area contributed by atoms with E-state index in [-0.39, 0.29) is 11.8 Å². The van der Waals surface area contributed by atoms with Gasteiger partial charge in [0.15, 0.2) is 17.6 Å². The molecule has 4 atom stereocenters.